The van der Waals surface area contributed by atoms with Crippen molar-refractivity contribution < 1.29 is 9.21 Å². The number of Topliss-reactive ketones (excluding diaryl/α,β-unsaturated/α-hetero) is 1. The molecule has 3 heterocycles. The van der Waals surface area contributed by atoms with Crippen LogP contribution in [-0.2, 0) is 4.79 Å². The number of allylic oxidation sites excluding steroid dienone is 1. The minimum absolute atomic E-state index is 0.113. The smallest absolute Gasteiger partial charge is 0.302 e. The topological polar surface area (TPSA) is 92.4 Å². The second kappa shape index (κ2) is 6.55. The van der Waals surface area contributed by atoms with Gasteiger partial charge in [0, 0.05) is 23.9 Å². The second-order valence-corrected chi connectivity index (χ2v) is 8.20. The van der Waals surface area contributed by atoms with Crippen LogP contribution in [0.25, 0.3) is 11.1 Å². The maximum Gasteiger partial charge on any atom is 0.302 e. The van der Waals surface area contributed by atoms with Crippen molar-refractivity contribution >= 4 is 28.9 Å². The fourth-order valence-electron chi connectivity index (χ4n) is 3.97. The Balaban J connectivity index is 1.54. The van der Waals surface area contributed by atoms with Crippen LogP contribution in [0.5, 0.6) is 0 Å². The predicted octanol–water partition coefficient (Wildman–Crippen LogP) is 3.98. The molecule has 1 aliphatic carbocycles. The summed E-state index contributed by atoms with van der Waals surface area (Å²) in [5, 5.41) is 6.44. The molecule has 2 N–H and O–H groups in total. The molecule has 0 bridgehead atoms. The molecule has 3 aromatic rings. The molecule has 1 aliphatic heterocycles. The van der Waals surface area contributed by atoms with E-state index in [-0.39, 0.29) is 11.2 Å². The summed E-state index contributed by atoms with van der Waals surface area (Å²) in [5.74, 6) is 0.612. The molecule has 0 unspecified atom stereocenters. The van der Waals surface area contributed by atoms with Crippen molar-refractivity contribution in [1.29, 1.82) is 0 Å². The van der Waals surface area contributed by atoms with Gasteiger partial charge in [0.1, 0.15) is 11.6 Å². The summed E-state index contributed by atoms with van der Waals surface area (Å²) in [4.78, 5) is 26.6. The Labute approximate surface area is 168 Å². The van der Waals surface area contributed by atoms with Gasteiger partial charge in [0.25, 0.3) is 0 Å². The van der Waals surface area contributed by atoms with Crippen molar-refractivity contribution in [1.82, 2.24) is 15.3 Å². The van der Waals surface area contributed by atoms with Gasteiger partial charge in [-0.05, 0) is 36.1 Å². The van der Waals surface area contributed by atoms with E-state index in [2.05, 4.69) is 34.4 Å². The van der Waals surface area contributed by atoms with Gasteiger partial charge in [0.15, 0.2) is 11.4 Å². The highest BCUT2D eigenvalue weighted by atomic mass is 16.4. The number of guanidine groups is 1. The molecule has 0 spiro atoms. The standard InChI is InChI=1S/C22H21N5O2/c1-22(2)11-15-18(16(28)12-22)19(14-8-5-6-10-23-14)26-20(24-15)27-21-25-13-7-3-4-9-17(13)29-21/h3-10,19H,11-12H2,1-2H3,(H2,24,25,26,27)/t19-/m0/s1. The monoisotopic (exact) mass is 387 g/mol. The van der Waals surface area contributed by atoms with Gasteiger partial charge in [-0.1, -0.05) is 32.0 Å². The lowest BCUT2D eigenvalue weighted by atomic mass is 9.73. The normalized spacial score (nSPS) is 20.8. The molecule has 29 heavy (non-hydrogen) atoms. The van der Waals surface area contributed by atoms with Crippen LogP contribution in [0.4, 0.5) is 6.01 Å². The highest BCUT2D eigenvalue weighted by Crippen LogP contribution is 2.42. The van der Waals surface area contributed by atoms with Crippen LogP contribution >= 0.6 is 0 Å². The van der Waals surface area contributed by atoms with E-state index in [0.717, 1.165) is 23.3 Å². The molecule has 0 saturated heterocycles. The van der Waals surface area contributed by atoms with Crippen LogP contribution in [0.2, 0.25) is 0 Å². The molecule has 0 amide bonds. The Morgan fingerprint density at radius 1 is 1.14 bits per heavy atom. The molecule has 5 rings (SSSR count). The van der Waals surface area contributed by atoms with Crippen molar-refractivity contribution in [2.75, 3.05) is 5.32 Å². The quantitative estimate of drug-likeness (QED) is 0.691. The van der Waals surface area contributed by atoms with Gasteiger partial charge in [0.2, 0.25) is 5.96 Å². The van der Waals surface area contributed by atoms with Gasteiger partial charge in [-0.25, -0.2) is 4.99 Å². The Bertz CT molecular complexity index is 1130. The number of fused-ring (bicyclic) bond motifs is 1. The lowest BCUT2D eigenvalue weighted by molar-refractivity contribution is -0.118. The molecule has 0 fully saturated rings. The zero-order valence-corrected chi connectivity index (χ0v) is 16.3. The summed E-state index contributed by atoms with van der Waals surface area (Å²) in [6.45, 7) is 4.21. The van der Waals surface area contributed by atoms with Gasteiger partial charge in [-0.2, -0.15) is 4.98 Å². The van der Waals surface area contributed by atoms with E-state index in [1.54, 1.807) is 6.20 Å². The van der Waals surface area contributed by atoms with Crippen molar-refractivity contribution in [2.24, 2.45) is 10.4 Å². The molecule has 7 heteroatoms. The molecule has 1 atom stereocenters. The number of hydrogen-bond donors (Lipinski definition) is 2. The number of hydrogen-bond acceptors (Lipinski definition) is 7. The van der Waals surface area contributed by atoms with Gasteiger partial charge >= 0.3 is 6.01 Å². The SMILES string of the molecule is CC1(C)CC(=O)C2=C(C1)NC(Nc1nc3ccccc3o1)=N[C@H]2c1ccccn1. The zero-order chi connectivity index (χ0) is 20.0. The Morgan fingerprint density at radius 3 is 2.76 bits per heavy atom. The molecule has 2 aromatic heterocycles. The third-order valence-corrected chi connectivity index (χ3v) is 5.21. The number of nitrogens with zero attached hydrogens (tertiary/aromatic N) is 3. The molecule has 146 valence electrons. The number of pyridine rings is 1. The summed E-state index contributed by atoms with van der Waals surface area (Å²) in [5.41, 5.74) is 3.67. The van der Waals surface area contributed by atoms with Crippen LogP contribution in [0, 0.1) is 5.41 Å². The molecule has 0 saturated carbocycles. The lowest BCUT2D eigenvalue weighted by Gasteiger charge is -2.36. The van der Waals surface area contributed by atoms with E-state index >= 15 is 0 Å². The summed E-state index contributed by atoms with van der Waals surface area (Å²) in [6.07, 6.45) is 2.98. The number of benzene rings is 1. The molecular formula is C22H21N5O2. The van der Waals surface area contributed by atoms with Crippen LogP contribution in [0.1, 0.15) is 38.4 Å². The van der Waals surface area contributed by atoms with Crippen molar-refractivity contribution in [3.8, 4) is 0 Å². The third kappa shape index (κ3) is 3.29. The third-order valence-electron chi connectivity index (χ3n) is 5.21. The number of anilines is 1. The van der Waals surface area contributed by atoms with Gasteiger partial charge in [-0.3, -0.25) is 15.1 Å². The van der Waals surface area contributed by atoms with Crippen LogP contribution in [-0.4, -0.2) is 21.7 Å². The van der Waals surface area contributed by atoms with E-state index in [4.69, 9.17) is 9.41 Å². The molecule has 7 nitrogen and oxygen atoms in total. The predicted molar refractivity (Wildman–Crippen MR) is 110 cm³/mol. The Morgan fingerprint density at radius 2 is 1.97 bits per heavy atom. The van der Waals surface area contributed by atoms with Crippen LogP contribution in [0.3, 0.4) is 0 Å². The molecule has 1 aromatic carbocycles. The first kappa shape index (κ1) is 17.6. The van der Waals surface area contributed by atoms with Gasteiger partial charge in [0.05, 0.1) is 5.69 Å². The van der Waals surface area contributed by atoms with E-state index in [1.165, 1.54) is 0 Å². The lowest BCUT2D eigenvalue weighted by Crippen LogP contribution is -2.42. The number of carbonyl (C=O) groups is 1. The molecule has 2 aliphatic rings. The van der Waals surface area contributed by atoms with Crippen LogP contribution < -0.4 is 10.6 Å². The number of nitrogens with one attached hydrogen (secondary N) is 2. The largest absolute Gasteiger partial charge is 0.423 e. The number of rotatable bonds is 2. The van der Waals surface area contributed by atoms with Crippen LogP contribution in [0.15, 0.2) is 69.3 Å². The first-order valence-corrected chi connectivity index (χ1v) is 9.63. The summed E-state index contributed by atoms with van der Waals surface area (Å²) < 4.78 is 5.77. The molecular weight excluding hydrogens is 366 g/mol. The minimum Gasteiger partial charge on any atom is -0.423 e. The number of aliphatic imine (C=N–C) groups is 1. The summed E-state index contributed by atoms with van der Waals surface area (Å²) in [6, 6.07) is 13.1. The average Bonchev–Trinajstić information content (AvgIpc) is 3.09. The first-order valence-electron chi connectivity index (χ1n) is 9.63. The maximum absolute atomic E-state index is 13.0. The number of ketones is 1. The van der Waals surface area contributed by atoms with Crippen molar-refractivity contribution in [3.63, 3.8) is 0 Å². The first-order chi connectivity index (χ1) is 14.0. The van der Waals surface area contributed by atoms with E-state index < -0.39 is 6.04 Å². The number of carbonyl (C=O) groups excluding carboxylic acids is 1. The average molecular weight is 387 g/mol. The van der Waals surface area contributed by atoms with E-state index in [9.17, 15) is 4.79 Å². The Kier molecular flexibility index (Phi) is 3.97. The highest BCUT2D eigenvalue weighted by molar-refractivity contribution is 6.03. The maximum atomic E-state index is 13.0. The van der Waals surface area contributed by atoms with Crippen molar-refractivity contribution in [3.05, 3.63) is 65.6 Å². The number of oxazole rings is 1. The van der Waals surface area contributed by atoms with Gasteiger partial charge in [-0.15, -0.1) is 0 Å². The molecule has 0 radical (unpaired) electrons. The second-order valence-electron chi connectivity index (χ2n) is 8.20. The zero-order valence-electron chi connectivity index (χ0n) is 16.3. The minimum atomic E-state index is -0.456. The fraction of sp³-hybridized carbons (Fsp3) is 0.273. The highest BCUT2D eigenvalue weighted by Gasteiger charge is 2.39. The van der Waals surface area contributed by atoms with Crippen molar-refractivity contribution in [2.45, 2.75) is 32.7 Å². The summed E-state index contributed by atoms with van der Waals surface area (Å²) >= 11 is 0. The van der Waals surface area contributed by atoms with E-state index in [0.29, 0.717) is 29.6 Å². The number of aromatic nitrogens is 2. The van der Waals surface area contributed by atoms with Gasteiger partial charge < -0.3 is 9.73 Å². The summed E-state index contributed by atoms with van der Waals surface area (Å²) in [7, 11) is 0. The number of para-hydroxylation sites is 2. The van der Waals surface area contributed by atoms with E-state index in [1.807, 2.05) is 42.5 Å². The Hall–Kier alpha value is -3.48. The fourth-order valence-corrected chi connectivity index (χ4v) is 3.97.